The van der Waals surface area contributed by atoms with Gasteiger partial charge in [-0.25, -0.2) is 0 Å². The molecule has 116 valence electrons. The Hall–Kier alpha value is -1.46. The number of hydrogen-bond acceptors (Lipinski definition) is 5. The van der Waals surface area contributed by atoms with Crippen LogP contribution in [0.4, 0.5) is 11.4 Å². The Morgan fingerprint density at radius 1 is 1.24 bits per heavy atom. The Kier molecular flexibility index (Phi) is 4.51. The Morgan fingerprint density at radius 2 is 2.05 bits per heavy atom. The molecule has 1 fully saturated rings. The smallest absolute Gasteiger partial charge is 0.145 e. The van der Waals surface area contributed by atoms with Gasteiger partial charge >= 0.3 is 0 Å². The van der Waals surface area contributed by atoms with Crippen LogP contribution in [0.25, 0.3) is 0 Å². The first-order chi connectivity index (χ1) is 10.3. The van der Waals surface area contributed by atoms with Crippen LogP contribution in [-0.4, -0.2) is 56.9 Å². The third-order valence-electron chi connectivity index (χ3n) is 4.29. The number of hydrogen-bond donors (Lipinski definition) is 1. The minimum Gasteiger partial charge on any atom is -0.486 e. The third-order valence-corrected chi connectivity index (χ3v) is 4.29. The van der Waals surface area contributed by atoms with E-state index in [-0.39, 0.29) is 6.10 Å². The SMILES string of the molecule is CCC1CN(CCN2CCOCC2)c2ccc(N)cc2O1. The standard InChI is InChI=1S/C16H25N3O2/c1-2-14-12-19(6-5-18-7-9-20-10-8-18)15-4-3-13(17)11-16(15)21-14/h3-4,11,14H,2,5-10,12,17H2,1H3. The fourth-order valence-electron chi connectivity index (χ4n) is 2.96. The molecule has 0 radical (unpaired) electrons. The molecule has 5 nitrogen and oxygen atoms in total. The van der Waals surface area contributed by atoms with Crippen molar-refractivity contribution in [2.24, 2.45) is 0 Å². The molecule has 1 aromatic rings. The molecule has 5 heteroatoms. The van der Waals surface area contributed by atoms with Crippen molar-refractivity contribution in [3.63, 3.8) is 0 Å². The van der Waals surface area contributed by atoms with E-state index in [0.717, 1.165) is 63.8 Å². The first kappa shape index (κ1) is 14.5. The summed E-state index contributed by atoms with van der Waals surface area (Å²) in [5.74, 6) is 0.926. The highest BCUT2D eigenvalue weighted by atomic mass is 16.5. The second kappa shape index (κ2) is 6.54. The number of benzene rings is 1. The summed E-state index contributed by atoms with van der Waals surface area (Å²) >= 11 is 0. The fourth-order valence-corrected chi connectivity index (χ4v) is 2.96. The molecule has 0 aliphatic carbocycles. The molecule has 1 aromatic carbocycles. The molecule has 2 aliphatic heterocycles. The lowest BCUT2D eigenvalue weighted by atomic mass is 10.1. The molecular formula is C16H25N3O2. The van der Waals surface area contributed by atoms with Crippen LogP contribution < -0.4 is 15.4 Å². The number of anilines is 2. The Labute approximate surface area is 126 Å². The van der Waals surface area contributed by atoms with Crippen LogP contribution in [0.1, 0.15) is 13.3 Å². The number of morpholine rings is 1. The molecule has 2 aliphatic rings. The van der Waals surface area contributed by atoms with Gasteiger partial charge in [0.25, 0.3) is 0 Å². The second-order valence-corrected chi connectivity index (χ2v) is 5.78. The van der Waals surface area contributed by atoms with E-state index >= 15 is 0 Å². The Morgan fingerprint density at radius 3 is 2.81 bits per heavy atom. The van der Waals surface area contributed by atoms with Crippen molar-refractivity contribution >= 4 is 11.4 Å². The molecule has 2 N–H and O–H groups in total. The summed E-state index contributed by atoms with van der Waals surface area (Å²) in [6.07, 6.45) is 1.27. The van der Waals surface area contributed by atoms with Gasteiger partial charge in [0.15, 0.2) is 0 Å². The van der Waals surface area contributed by atoms with Crippen LogP contribution in [0.5, 0.6) is 5.75 Å². The van der Waals surface area contributed by atoms with Gasteiger partial charge < -0.3 is 20.1 Å². The summed E-state index contributed by atoms with van der Waals surface area (Å²) in [4.78, 5) is 4.90. The van der Waals surface area contributed by atoms with Gasteiger partial charge in [0.1, 0.15) is 11.9 Å². The van der Waals surface area contributed by atoms with E-state index < -0.39 is 0 Å². The Balaban J connectivity index is 1.68. The van der Waals surface area contributed by atoms with Gasteiger partial charge in [-0.1, -0.05) is 6.92 Å². The van der Waals surface area contributed by atoms with Gasteiger partial charge in [-0.3, -0.25) is 4.90 Å². The fraction of sp³-hybridized carbons (Fsp3) is 0.625. The largest absolute Gasteiger partial charge is 0.486 e. The average Bonchev–Trinajstić information content (AvgIpc) is 2.52. The van der Waals surface area contributed by atoms with Crippen LogP contribution in [0.2, 0.25) is 0 Å². The summed E-state index contributed by atoms with van der Waals surface area (Å²) in [5, 5.41) is 0. The molecule has 0 spiro atoms. The first-order valence-electron chi connectivity index (χ1n) is 7.87. The second-order valence-electron chi connectivity index (χ2n) is 5.78. The average molecular weight is 291 g/mol. The molecular weight excluding hydrogens is 266 g/mol. The normalized spacial score (nSPS) is 22.7. The summed E-state index contributed by atoms with van der Waals surface area (Å²) < 4.78 is 11.4. The van der Waals surface area contributed by atoms with Gasteiger partial charge in [0, 0.05) is 37.9 Å². The summed E-state index contributed by atoms with van der Waals surface area (Å²) in [7, 11) is 0. The maximum absolute atomic E-state index is 6.03. The van der Waals surface area contributed by atoms with E-state index in [9.17, 15) is 0 Å². The summed E-state index contributed by atoms with van der Waals surface area (Å²) in [6.45, 7) is 9.01. The number of fused-ring (bicyclic) bond motifs is 1. The highest BCUT2D eigenvalue weighted by Crippen LogP contribution is 2.35. The van der Waals surface area contributed by atoms with Crippen molar-refractivity contribution in [2.45, 2.75) is 19.4 Å². The zero-order valence-electron chi connectivity index (χ0n) is 12.8. The minimum atomic E-state index is 0.254. The lowest BCUT2D eigenvalue weighted by Crippen LogP contribution is -2.45. The molecule has 21 heavy (non-hydrogen) atoms. The molecule has 1 unspecified atom stereocenters. The van der Waals surface area contributed by atoms with Crippen LogP contribution in [0.15, 0.2) is 18.2 Å². The molecule has 1 atom stereocenters. The van der Waals surface area contributed by atoms with Crippen LogP contribution >= 0.6 is 0 Å². The molecule has 0 aromatic heterocycles. The predicted octanol–water partition coefficient (Wildman–Crippen LogP) is 1.58. The lowest BCUT2D eigenvalue weighted by Gasteiger charge is -2.37. The van der Waals surface area contributed by atoms with Crippen LogP contribution in [0, 0.1) is 0 Å². The quantitative estimate of drug-likeness (QED) is 0.854. The number of nitrogen functional groups attached to an aromatic ring is 1. The van der Waals surface area contributed by atoms with Gasteiger partial charge in [-0.2, -0.15) is 0 Å². The molecule has 1 saturated heterocycles. The van der Waals surface area contributed by atoms with E-state index in [1.807, 2.05) is 12.1 Å². The first-order valence-corrected chi connectivity index (χ1v) is 7.87. The highest BCUT2D eigenvalue weighted by Gasteiger charge is 2.25. The molecule has 2 heterocycles. The van der Waals surface area contributed by atoms with Crippen molar-refractivity contribution in [1.82, 2.24) is 4.90 Å². The third kappa shape index (κ3) is 3.41. The minimum absolute atomic E-state index is 0.254. The molecule has 0 amide bonds. The zero-order valence-corrected chi connectivity index (χ0v) is 12.8. The van der Waals surface area contributed by atoms with Crippen molar-refractivity contribution in [2.75, 3.05) is 56.6 Å². The summed E-state index contributed by atoms with van der Waals surface area (Å²) in [5.41, 5.74) is 7.82. The van der Waals surface area contributed by atoms with E-state index in [2.05, 4.69) is 22.8 Å². The monoisotopic (exact) mass is 291 g/mol. The number of nitrogens with two attached hydrogens (primary N) is 1. The molecule has 0 saturated carbocycles. The number of rotatable bonds is 4. The van der Waals surface area contributed by atoms with Gasteiger partial charge in [-0.15, -0.1) is 0 Å². The van der Waals surface area contributed by atoms with Crippen molar-refractivity contribution in [1.29, 1.82) is 0 Å². The predicted molar refractivity (Wildman–Crippen MR) is 85.0 cm³/mol. The highest BCUT2D eigenvalue weighted by molar-refractivity contribution is 5.65. The molecule has 3 rings (SSSR count). The maximum atomic E-state index is 6.03. The molecule has 0 bridgehead atoms. The van der Waals surface area contributed by atoms with Crippen LogP contribution in [-0.2, 0) is 4.74 Å². The van der Waals surface area contributed by atoms with Crippen molar-refractivity contribution in [3.8, 4) is 5.75 Å². The van der Waals surface area contributed by atoms with E-state index in [4.69, 9.17) is 15.2 Å². The van der Waals surface area contributed by atoms with Crippen molar-refractivity contribution in [3.05, 3.63) is 18.2 Å². The Bertz CT molecular complexity index is 475. The maximum Gasteiger partial charge on any atom is 0.145 e. The lowest BCUT2D eigenvalue weighted by molar-refractivity contribution is 0.0388. The van der Waals surface area contributed by atoms with E-state index in [0.29, 0.717) is 0 Å². The van der Waals surface area contributed by atoms with E-state index in [1.54, 1.807) is 0 Å². The summed E-state index contributed by atoms with van der Waals surface area (Å²) in [6, 6.07) is 5.98. The van der Waals surface area contributed by atoms with E-state index in [1.165, 1.54) is 5.69 Å². The van der Waals surface area contributed by atoms with Gasteiger partial charge in [0.2, 0.25) is 0 Å². The number of ether oxygens (including phenoxy) is 2. The topological polar surface area (TPSA) is 51.0 Å². The number of nitrogens with zero attached hydrogens (tertiary/aromatic N) is 2. The van der Waals surface area contributed by atoms with Gasteiger partial charge in [0.05, 0.1) is 25.4 Å². The van der Waals surface area contributed by atoms with Crippen molar-refractivity contribution < 1.29 is 9.47 Å². The van der Waals surface area contributed by atoms with Crippen LogP contribution in [0.3, 0.4) is 0 Å². The van der Waals surface area contributed by atoms with Gasteiger partial charge in [-0.05, 0) is 18.6 Å². The zero-order chi connectivity index (χ0) is 14.7.